The van der Waals surface area contributed by atoms with Crippen molar-refractivity contribution in [1.82, 2.24) is 9.97 Å². The van der Waals surface area contributed by atoms with Crippen molar-refractivity contribution in [1.29, 1.82) is 0 Å². The molecule has 78 valence electrons. The molecule has 2 aromatic rings. The van der Waals surface area contributed by atoms with Gasteiger partial charge in [-0.3, -0.25) is 0 Å². The monoisotopic (exact) mass is 209 g/mol. The molecule has 0 atom stereocenters. The van der Waals surface area contributed by atoms with E-state index in [1.165, 1.54) is 0 Å². The van der Waals surface area contributed by atoms with Crippen molar-refractivity contribution in [3.63, 3.8) is 0 Å². The number of hydrogen-bond acceptors (Lipinski definition) is 3. The highest BCUT2D eigenvalue weighted by Crippen LogP contribution is 2.21. The second-order valence-corrected chi connectivity index (χ2v) is 3.16. The number of aromatic nitrogens is 2. The zero-order valence-electron chi connectivity index (χ0n) is 8.09. The Labute approximate surface area is 85.0 Å². The molecule has 1 aromatic heterocycles. The number of nitrogens with two attached hydrogens (primary N) is 1. The van der Waals surface area contributed by atoms with Crippen LogP contribution in [-0.4, -0.2) is 9.97 Å². The molecular weight excluding hydrogens is 200 g/mol. The van der Waals surface area contributed by atoms with Gasteiger partial charge in [-0.2, -0.15) is 0 Å². The molecular formula is C10H9F2N3. The number of aryl methyl sites for hydroxylation is 1. The van der Waals surface area contributed by atoms with Crippen LogP contribution in [0.15, 0.2) is 12.1 Å². The molecule has 0 bridgehead atoms. The maximum Gasteiger partial charge on any atom is 0.161 e. The Morgan fingerprint density at radius 2 is 1.87 bits per heavy atom. The minimum absolute atomic E-state index is 0.177. The van der Waals surface area contributed by atoms with Crippen molar-refractivity contribution in [2.75, 3.05) is 5.73 Å². The third-order valence-corrected chi connectivity index (χ3v) is 2.13. The van der Waals surface area contributed by atoms with Crippen LogP contribution in [-0.2, 0) is 6.42 Å². The lowest BCUT2D eigenvalue weighted by atomic mass is 10.2. The quantitative estimate of drug-likeness (QED) is 0.782. The number of anilines is 1. The molecule has 0 spiro atoms. The molecule has 0 amide bonds. The fraction of sp³-hybridized carbons (Fsp3) is 0.200. The molecule has 0 fully saturated rings. The summed E-state index contributed by atoms with van der Waals surface area (Å²) in [5.41, 5.74) is 5.94. The van der Waals surface area contributed by atoms with E-state index in [2.05, 4.69) is 9.97 Å². The molecule has 2 N–H and O–H groups in total. The first-order valence-corrected chi connectivity index (χ1v) is 4.53. The Hall–Kier alpha value is -1.78. The third kappa shape index (κ3) is 1.60. The lowest BCUT2D eigenvalue weighted by Crippen LogP contribution is -2.01. The molecule has 15 heavy (non-hydrogen) atoms. The fourth-order valence-electron chi connectivity index (χ4n) is 1.36. The lowest BCUT2D eigenvalue weighted by molar-refractivity contribution is 0.510. The molecule has 0 saturated heterocycles. The van der Waals surface area contributed by atoms with Crippen LogP contribution in [0.2, 0.25) is 0 Å². The normalized spacial score (nSPS) is 10.9. The number of fused-ring (bicyclic) bond motifs is 1. The van der Waals surface area contributed by atoms with Gasteiger partial charge in [0.15, 0.2) is 11.6 Å². The van der Waals surface area contributed by atoms with Crippen LogP contribution in [0, 0.1) is 11.6 Å². The highest BCUT2D eigenvalue weighted by Gasteiger charge is 2.09. The van der Waals surface area contributed by atoms with Gasteiger partial charge in [-0.05, 0) is 6.07 Å². The number of halogens is 2. The zero-order valence-corrected chi connectivity index (χ0v) is 8.09. The number of benzene rings is 1. The average Bonchev–Trinajstić information content (AvgIpc) is 2.21. The van der Waals surface area contributed by atoms with Crippen LogP contribution in [0.5, 0.6) is 0 Å². The Balaban J connectivity index is 2.80. The first kappa shape index (κ1) is 9.76. The van der Waals surface area contributed by atoms with Crippen LogP contribution in [0.25, 0.3) is 10.9 Å². The van der Waals surface area contributed by atoms with E-state index in [4.69, 9.17) is 5.73 Å². The Morgan fingerprint density at radius 1 is 1.20 bits per heavy atom. The maximum absolute atomic E-state index is 12.9. The van der Waals surface area contributed by atoms with Crippen LogP contribution in [0.3, 0.4) is 0 Å². The summed E-state index contributed by atoms with van der Waals surface area (Å²) in [7, 11) is 0. The van der Waals surface area contributed by atoms with Crippen molar-refractivity contribution in [2.45, 2.75) is 13.3 Å². The van der Waals surface area contributed by atoms with Crippen molar-refractivity contribution >= 4 is 16.7 Å². The summed E-state index contributed by atoms with van der Waals surface area (Å²) in [6.45, 7) is 1.86. The smallest absolute Gasteiger partial charge is 0.161 e. The molecule has 1 aromatic carbocycles. The van der Waals surface area contributed by atoms with E-state index in [0.29, 0.717) is 23.1 Å². The van der Waals surface area contributed by atoms with Crippen LogP contribution >= 0.6 is 0 Å². The maximum atomic E-state index is 12.9. The number of rotatable bonds is 1. The van der Waals surface area contributed by atoms with Gasteiger partial charge in [0.2, 0.25) is 0 Å². The third-order valence-electron chi connectivity index (χ3n) is 2.13. The van der Waals surface area contributed by atoms with Gasteiger partial charge in [0.05, 0.1) is 5.52 Å². The molecule has 5 heteroatoms. The highest BCUT2D eigenvalue weighted by molar-refractivity contribution is 5.88. The SMILES string of the molecule is CCc1nc(N)c2cc(F)c(F)cc2n1. The lowest BCUT2D eigenvalue weighted by Gasteiger charge is -2.04. The van der Waals surface area contributed by atoms with Gasteiger partial charge in [-0.15, -0.1) is 0 Å². The van der Waals surface area contributed by atoms with E-state index >= 15 is 0 Å². The molecule has 0 radical (unpaired) electrons. The molecule has 0 aliphatic rings. The van der Waals surface area contributed by atoms with Gasteiger partial charge < -0.3 is 5.73 Å². The standard InChI is InChI=1S/C10H9F2N3/c1-2-9-14-8-4-7(12)6(11)3-5(8)10(13)15-9/h3-4H,2H2,1H3,(H2,13,14,15). The Morgan fingerprint density at radius 3 is 2.53 bits per heavy atom. The topological polar surface area (TPSA) is 51.8 Å². The van der Waals surface area contributed by atoms with Crippen LogP contribution < -0.4 is 5.73 Å². The summed E-state index contributed by atoms with van der Waals surface area (Å²) < 4.78 is 25.9. The van der Waals surface area contributed by atoms with Gasteiger partial charge in [-0.25, -0.2) is 18.7 Å². The summed E-state index contributed by atoms with van der Waals surface area (Å²) in [6.07, 6.45) is 0.596. The first-order chi connectivity index (χ1) is 7.11. The van der Waals surface area contributed by atoms with E-state index in [-0.39, 0.29) is 5.82 Å². The fourth-order valence-corrected chi connectivity index (χ4v) is 1.36. The Bertz CT molecular complexity index is 526. The predicted molar refractivity (Wildman–Crippen MR) is 53.2 cm³/mol. The van der Waals surface area contributed by atoms with Gasteiger partial charge >= 0.3 is 0 Å². The predicted octanol–water partition coefficient (Wildman–Crippen LogP) is 2.05. The van der Waals surface area contributed by atoms with Crippen molar-refractivity contribution in [3.05, 3.63) is 29.6 Å². The second kappa shape index (κ2) is 3.42. The highest BCUT2D eigenvalue weighted by atomic mass is 19.2. The second-order valence-electron chi connectivity index (χ2n) is 3.16. The molecule has 1 heterocycles. The molecule has 2 rings (SSSR count). The van der Waals surface area contributed by atoms with Crippen molar-refractivity contribution in [3.8, 4) is 0 Å². The number of nitrogen functional groups attached to an aromatic ring is 1. The van der Waals surface area contributed by atoms with Crippen molar-refractivity contribution in [2.24, 2.45) is 0 Å². The van der Waals surface area contributed by atoms with E-state index in [9.17, 15) is 8.78 Å². The van der Waals surface area contributed by atoms with Crippen molar-refractivity contribution < 1.29 is 8.78 Å². The van der Waals surface area contributed by atoms with E-state index in [1.54, 1.807) is 0 Å². The van der Waals surface area contributed by atoms with E-state index in [0.717, 1.165) is 12.1 Å². The minimum Gasteiger partial charge on any atom is -0.383 e. The largest absolute Gasteiger partial charge is 0.383 e. The number of nitrogens with zero attached hydrogens (tertiary/aromatic N) is 2. The van der Waals surface area contributed by atoms with Crippen LogP contribution in [0.4, 0.5) is 14.6 Å². The average molecular weight is 209 g/mol. The molecule has 0 aliphatic carbocycles. The van der Waals surface area contributed by atoms with Gasteiger partial charge in [0, 0.05) is 17.9 Å². The summed E-state index contributed by atoms with van der Waals surface area (Å²) in [5, 5.41) is 0.339. The molecule has 3 nitrogen and oxygen atoms in total. The Kier molecular flexibility index (Phi) is 2.22. The zero-order chi connectivity index (χ0) is 11.0. The van der Waals surface area contributed by atoms with Gasteiger partial charge in [0.1, 0.15) is 11.6 Å². The summed E-state index contributed by atoms with van der Waals surface area (Å²) in [5.74, 6) is -1.17. The number of hydrogen-bond donors (Lipinski definition) is 1. The summed E-state index contributed by atoms with van der Waals surface area (Å²) in [6, 6.07) is 2.04. The first-order valence-electron chi connectivity index (χ1n) is 4.53. The van der Waals surface area contributed by atoms with Gasteiger partial charge in [0.25, 0.3) is 0 Å². The van der Waals surface area contributed by atoms with Crippen LogP contribution in [0.1, 0.15) is 12.7 Å². The molecule has 0 aliphatic heterocycles. The van der Waals surface area contributed by atoms with E-state index < -0.39 is 11.6 Å². The van der Waals surface area contributed by atoms with Gasteiger partial charge in [-0.1, -0.05) is 6.92 Å². The summed E-state index contributed by atoms with van der Waals surface area (Å²) >= 11 is 0. The minimum atomic E-state index is -0.943. The van der Waals surface area contributed by atoms with E-state index in [1.807, 2.05) is 6.92 Å². The molecule has 0 saturated carbocycles. The summed E-state index contributed by atoms with van der Waals surface area (Å²) in [4.78, 5) is 8.03. The molecule has 0 unspecified atom stereocenters.